The van der Waals surface area contributed by atoms with E-state index in [0.29, 0.717) is 11.1 Å². The third kappa shape index (κ3) is 7.37. The van der Waals surface area contributed by atoms with Crippen LogP contribution in [0.4, 0.5) is 13.2 Å². The Morgan fingerprint density at radius 3 is 2.71 bits per heavy atom. The zero-order valence-corrected chi connectivity index (χ0v) is 11.3. The van der Waals surface area contributed by atoms with Crippen molar-refractivity contribution in [3.05, 3.63) is 35.4 Å². The summed E-state index contributed by atoms with van der Waals surface area (Å²) in [6.45, 7) is -0.0723. The van der Waals surface area contributed by atoms with Crippen LogP contribution in [-0.2, 0) is 0 Å². The Labute approximate surface area is 121 Å². The number of rotatable bonds is 5. The predicted molar refractivity (Wildman–Crippen MR) is 72.6 cm³/mol. The summed E-state index contributed by atoms with van der Waals surface area (Å²) in [4.78, 5) is 11.8. The number of aliphatic hydroxyl groups is 1. The van der Waals surface area contributed by atoms with Crippen LogP contribution in [0.2, 0.25) is 0 Å². The SMILES string of the molecule is O=C(NCCCCC(F)(F)F)c1cccc(C#CCO)c1. The average molecular weight is 299 g/mol. The number of benzene rings is 1. The van der Waals surface area contributed by atoms with Crippen molar-refractivity contribution in [3.63, 3.8) is 0 Å². The van der Waals surface area contributed by atoms with Crippen molar-refractivity contribution in [2.45, 2.75) is 25.4 Å². The van der Waals surface area contributed by atoms with Crippen molar-refractivity contribution < 1.29 is 23.1 Å². The number of hydrogen-bond donors (Lipinski definition) is 2. The summed E-state index contributed by atoms with van der Waals surface area (Å²) in [7, 11) is 0. The molecule has 0 aliphatic rings. The van der Waals surface area contributed by atoms with E-state index < -0.39 is 12.6 Å². The summed E-state index contributed by atoms with van der Waals surface area (Å²) in [6.07, 6.45) is -4.72. The van der Waals surface area contributed by atoms with Crippen molar-refractivity contribution in [2.75, 3.05) is 13.2 Å². The summed E-state index contributed by atoms with van der Waals surface area (Å²) in [5.74, 6) is 4.80. The maximum absolute atomic E-state index is 11.9. The van der Waals surface area contributed by atoms with Gasteiger partial charge in [-0.3, -0.25) is 4.79 Å². The number of unbranched alkanes of at least 4 members (excludes halogenated alkanes) is 1. The van der Waals surface area contributed by atoms with Gasteiger partial charge in [0, 0.05) is 24.1 Å². The van der Waals surface area contributed by atoms with E-state index in [1.165, 1.54) is 0 Å². The Bertz CT molecular complexity index is 530. The molecule has 0 radical (unpaired) electrons. The van der Waals surface area contributed by atoms with Gasteiger partial charge < -0.3 is 10.4 Å². The van der Waals surface area contributed by atoms with Gasteiger partial charge in [-0.2, -0.15) is 13.2 Å². The van der Waals surface area contributed by atoms with Gasteiger partial charge in [0.2, 0.25) is 0 Å². The Hall–Kier alpha value is -2.00. The first-order chi connectivity index (χ1) is 9.92. The molecule has 0 spiro atoms. The standard InChI is InChI=1S/C15H16F3NO2/c16-15(17,18)8-1-2-9-19-14(21)13-7-3-5-12(11-13)6-4-10-20/h3,5,7,11,20H,1-2,8-10H2,(H,19,21). The van der Waals surface area contributed by atoms with Crippen molar-refractivity contribution >= 4 is 5.91 Å². The lowest BCUT2D eigenvalue weighted by molar-refractivity contribution is -0.135. The molecule has 0 fully saturated rings. The van der Waals surface area contributed by atoms with Crippen LogP contribution >= 0.6 is 0 Å². The first-order valence-electron chi connectivity index (χ1n) is 6.47. The fourth-order valence-electron chi connectivity index (χ4n) is 1.63. The lowest BCUT2D eigenvalue weighted by atomic mass is 10.1. The zero-order valence-electron chi connectivity index (χ0n) is 11.3. The Kier molecular flexibility index (Phi) is 6.76. The number of alkyl halides is 3. The molecule has 0 unspecified atom stereocenters. The molecule has 1 aromatic carbocycles. The minimum Gasteiger partial charge on any atom is -0.384 e. The van der Waals surface area contributed by atoms with Gasteiger partial charge in [0.1, 0.15) is 6.61 Å². The van der Waals surface area contributed by atoms with Crippen LogP contribution in [0.15, 0.2) is 24.3 Å². The molecule has 1 rings (SSSR count). The van der Waals surface area contributed by atoms with Gasteiger partial charge in [-0.1, -0.05) is 17.9 Å². The lowest BCUT2D eigenvalue weighted by Crippen LogP contribution is -2.24. The van der Waals surface area contributed by atoms with E-state index in [9.17, 15) is 18.0 Å². The first-order valence-corrected chi connectivity index (χ1v) is 6.47. The maximum atomic E-state index is 11.9. The highest BCUT2D eigenvalue weighted by Crippen LogP contribution is 2.21. The van der Waals surface area contributed by atoms with E-state index >= 15 is 0 Å². The summed E-state index contributed by atoms with van der Waals surface area (Å²) in [5.41, 5.74) is 0.976. The molecule has 0 aromatic heterocycles. The van der Waals surface area contributed by atoms with Gasteiger partial charge in [-0.15, -0.1) is 0 Å². The lowest BCUT2D eigenvalue weighted by Gasteiger charge is -2.07. The molecule has 0 heterocycles. The van der Waals surface area contributed by atoms with Crippen LogP contribution in [0.5, 0.6) is 0 Å². The number of carbonyl (C=O) groups excluding carboxylic acids is 1. The average Bonchev–Trinajstić information content (AvgIpc) is 2.43. The van der Waals surface area contributed by atoms with Gasteiger partial charge >= 0.3 is 6.18 Å². The normalized spacial score (nSPS) is 10.7. The highest BCUT2D eigenvalue weighted by Gasteiger charge is 2.25. The third-order valence-corrected chi connectivity index (χ3v) is 2.61. The molecule has 0 saturated carbocycles. The fourth-order valence-corrected chi connectivity index (χ4v) is 1.63. The molecule has 0 aliphatic carbocycles. The smallest absolute Gasteiger partial charge is 0.384 e. The van der Waals surface area contributed by atoms with E-state index in [0.717, 1.165) is 0 Å². The summed E-state index contributed by atoms with van der Waals surface area (Å²) < 4.78 is 35.8. The Morgan fingerprint density at radius 2 is 2.05 bits per heavy atom. The first kappa shape index (κ1) is 17.1. The van der Waals surface area contributed by atoms with Crippen LogP contribution in [0.25, 0.3) is 0 Å². The molecule has 2 N–H and O–H groups in total. The van der Waals surface area contributed by atoms with Crippen molar-refractivity contribution in [1.29, 1.82) is 0 Å². The van der Waals surface area contributed by atoms with Crippen LogP contribution in [-0.4, -0.2) is 30.3 Å². The fraction of sp³-hybridized carbons (Fsp3) is 0.400. The van der Waals surface area contributed by atoms with Crippen LogP contribution < -0.4 is 5.32 Å². The van der Waals surface area contributed by atoms with Gasteiger partial charge in [-0.25, -0.2) is 0 Å². The van der Waals surface area contributed by atoms with E-state index in [1.807, 2.05) is 0 Å². The van der Waals surface area contributed by atoms with Crippen LogP contribution in [0, 0.1) is 11.8 Å². The van der Waals surface area contributed by atoms with Crippen molar-refractivity contribution in [2.24, 2.45) is 0 Å². The van der Waals surface area contributed by atoms with Gasteiger partial charge in [-0.05, 0) is 31.0 Å². The number of aliphatic hydroxyl groups excluding tert-OH is 1. The maximum Gasteiger partial charge on any atom is 0.389 e. The van der Waals surface area contributed by atoms with Gasteiger partial charge in [0.15, 0.2) is 0 Å². The Morgan fingerprint density at radius 1 is 1.29 bits per heavy atom. The topological polar surface area (TPSA) is 49.3 Å². The molecule has 114 valence electrons. The second-order valence-corrected chi connectivity index (χ2v) is 4.37. The molecule has 0 atom stereocenters. The zero-order chi connectivity index (χ0) is 15.7. The molecule has 0 saturated heterocycles. The number of nitrogens with one attached hydrogen (secondary N) is 1. The number of hydrogen-bond acceptors (Lipinski definition) is 2. The minimum absolute atomic E-state index is 0.00814. The van der Waals surface area contributed by atoms with Crippen LogP contribution in [0.3, 0.4) is 0 Å². The highest BCUT2D eigenvalue weighted by molar-refractivity contribution is 5.94. The van der Waals surface area contributed by atoms with Crippen LogP contribution in [0.1, 0.15) is 35.2 Å². The Balaban J connectivity index is 2.42. The van der Waals surface area contributed by atoms with E-state index in [4.69, 9.17) is 5.11 Å². The number of halogens is 3. The summed E-state index contributed by atoms with van der Waals surface area (Å²) >= 11 is 0. The number of amides is 1. The van der Waals surface area contributed by atoms with E-state index in [-0.39, 0.29) is 31.9 Å². The van der Waals surface area contributed by atoms with Gasteiger partial charge in [0.05, 0.1) is 0 Å². The monoisotopic (exact) mass is 299 g/mol. The molecule has 1 amide bonds. The minimum atomic E-state index is -4.15. The second-order valence-electron chi connectivity index (χ2n) is 4.37. The summed E-state index contributed by atoms with van der Waals surface area (Å²) in [6, 6.07) is 6.51. The van der Waals surface area contributed by atoms with Crippen molar-refractivity contribution in [1.82, 2.24) is 5.32 Å². The molecule has 3 nitrogen and oxygen atoms in total. The van der Waals surface area contributed by atoms with E-state index in [1.54, 1.807) is 24.3 Å². The molecule has 0 aliphatic heterocycles. The quantitative estimate of drug-likeness (QED) is 0.648. The largest absolute Gasteiger partial charge is 0.389 e. The molecule has 0 bridgehead atoms. The third-order valence-electron chi connectivity index (χ3n) is 2.61. The van der Waals surface area contributed by atoms with E-state index in [2.05, 4.69) is 17.2 Å². The molecule has 6 heteroatoms. The number of carbonyl (C=O) groups is 1. The molecule has 21 heavy (non-hydrogen) atoms. The second kappa shape index (κ2) is 8.32. The highest BCUT2D eigenvalue weighted by atomic mass is 19.4. The summed E-state index contributed by atoms with van der Waals surface area (Å²) in [5, 5.41) is 11.2. The molecular weight excluding hydrogens is 283 g/mol. The molecule has 1 aromatic rings. The van der Waals surface area contributed by atoms with Crippen molar-refractivity contribution in [3.8, 4) is 11.8 Å². The predicted octanol–water partition coefficient (Wildman–Crippen LogP) is 2.49. The van der Waals surface area contributed by atoms with Gasteiger partial charge in [0.25, 0.3) is 5.91 Å². The molecular formula is C15H16F3NO2.